The van der Waals surface area contributed by atoms with Crippen molar-refractivity contribution in [2.45, 2.75) is 6.61 Å². The maximum atomic E-state index is 12.4. The number of halogens is 1. The SMILES string of the molecule is O=C(Nc1ccc(-c2ccc(CO)o2)c(Cl)c1)c1cc2ccccc2o1. The van der Waals surface area contributed by atoms with Crippen LogP contribution in [0.2, 0.25) is 5.02 Å². The molecule has 1 amide bonds. The molecular weight excluding hydrogens is 354 g/mol. The number of carbonyl (C=O) groups is 1. The van der Waals surface area contributed by atoms with Gasteiger partial charge in [-0.2, -0.15) is 0 Å². The van der Waals surface area contributed by atoms with Gasteiger partial charge in [0.15, 0.2) is 5.76 Å². The zero-order valence-corrected chi connectivity index (χ0v) is 14.3. The highest BCUT2D eigenvalue weighted by Gasteiger charge is 2.14. The fraction of sp³-hybridized carbons (Fsp3) is 0.0500. The Morgan fingerprint density at radius 2 is 1.88 bits per heavy atom. The normalized spacial score (nSPS) is 11.0. The Labute approximate surface area is 153 Å². The summed E-state index contributed by atoms with van der Waals surface area (Å²) in [5.74, 6) is 0.878. The molecule has 2 N–H and O–H groups in total. The second-order valence-corrected chi connectivity index (χ2v) is 6.13. The van der Waals surface area contributed by atoms with E-state index in [1.165, 1.54) is 0 Å². The number of aliphatic hydroxyl groups is 1. The highest BCUT2D eigenvalue weighted by atomic mass is 35.5. The van der Waals surface area contributed by atoms with Gasteiger partial charge in [-0.05, 0) is 42.5 Å². The van der Waals surface area contributed by atoms with Crippen LogP contribution in [0.5, 0.6) is 0 Å². The van der Waals surface area contributed by atoms with Crippen molar-refractivity contribution in [3.63, 3.8) is 0 Å². The smallest absolute Gasteiger partial charge is 0.291 e. The van der Waals surface area contributed by atoms with E-state index in [1.54, 1.807) is 36.4 Å². The van der Waals surface area contributed by atoms with Crippen molar-refractivity contribution in [2.24, 2.45) is 0 Å². The number of hydrogen-bond acceptors (Lipinski definition) is 4. The van der Waals surface area contributed by atoms with Crippen LogP contribution >= 0.6 is 11.6 Å². The molecule has 2 aromatic heterocycles. The molecule has 130 valence electrons. The molecule has 26 heavy (non-hydrogen) atoms. The van der Waals surface area contributed by atoms with Gasteiger partial charge in [-0.3, -0.25) is 4.79 Å². The molecule has 0 aliphatic rings. The summed E-state index contributed by atoms with van der Waals surface area (Å²) >= 11 is 6.31. The molecule has 0 fully saturated rings. The average molecular weight is 368 g/mol. The minimum Gasteiger partial charge on any atom is -0.459 e. The van der Waals surface area contributed by atoms with E-state index in [9.17, 15) is 4.79 Å². The summed E-state index contributed by atoms with van der Waals surface area (Å²) in [6, 6.07) is 17.6. The van der Waals surface area contributed by atoms with Crippen LogP contribution in [-0.4, -0.2) is 11.0 Å². The summed E-state index contributed by atoms with van der Waals surface area (Å²) in [7, 11) is 0. The number of rotatable bonds is 4. The molecule has 5 nitrogen and oxygen atoms in total. The lowest BCUT2D eigenvalue weighted by molar-refractivity contribution is 0.0998. The third kappa shape index (κ3) is 3.10. The Bertz CT molecular complexity index is 1060. The molecule has 2 aromatic carbocycles. The molecule has 0 spiro atoms. The summed E-state index contributed by atoms with van der Waals surface area (Å²) in [6.07, 6.45) is 0. The van der Waals surface area contributed by atoms with Crippen LogP contribution in [0.3, 0.4) is 0 Å². The van der Waals surface area contributed by atoms with E-state index in [0.29, 0.717) is 33.4 Å². The largest absolute Gasteiger partial charge is 0.459 e. The van der Waals surface area contributed by atoms with Crippen molar-refractivity contribution in [3.8, 4) is 11.3 Å². The highest BCUT2D eigenvalue weighted by Crippen LogP contribution is 2.32. The Morgan fingerprint density at radius 3 is 2.62 bits per heavy atom. The summed E-state index contributed by atoms with van der Waals surface area (Å²) in [6.45, 7) is -0.177. The third-order valence-corrected chi connectivity index (χ3v) is 4.27. The second kappa shape index (κ2) is 6.71. The van der Waals surface area contributed by atoms with Gasteiger partial charge in [0.25, 0.3) is 5.91 Å². The molecule has 0 saturated carbocycles. The molecule has 0 radical (unpaired) electrons. The van der Waals surface area contributed by atoms with Gasteiger partial charge in [-0.15, -0.1) is 0 Å². The Kier molecular flexibility index (Phi) is 4.24. The molecule has 6 heteroatoms. The zero-order chi connectivity index (χ0) is 18.1. The van der Waals surface area contributed by atoms with Crippen LogP contribution < -0.4 is 5.32 Å². The van der Waals surface area contributed by atoms with Gasteiger partial charge in [0.1, 0.15) is 23.7 Å². The summed E-state index contributed by atoms with van der Waals surface area (Å²) in [5, 5.41) is 13.1. The molecule has 0 unspecified atom stereocenters. The number of furan rings is 2. The lowest BCUT2D eigenvalue weighted by Gasteiger charge is -2.06. The van der Waals surface area contributed by atoms with Crippen molar-refractivity contribution < 1.29 is 18.7 Å². The predicted molar refractivity (Wildman–Crippen MR) is 99.2 cm³/mol. The molecular formula is C20H14ClNO4. The number of hydrogen-bond donors (Lipinski definition) is 2. The number of benzene rings is 2. The second-order valence-electron chi connectivity index (χ2n) is 5.72. The van der Waals surface area contributed by atoms with Crippen LogP contribution in [0.4, 0.5) is 5.69 Å². The number of amides is 1. The minimum atomic E-state index is -0.356. The first kappa shape index (κ1) is 16.4. The number of anilines is 1. The van der Waals surface area contributed by atoms with Gasteiger partial charge in [-0.25, -0.2) is 0 Å². The number of fused-ring (bicyclic) bond motifs is 1. The van der Waals surface area contributed by atoms with Gasteiger partial charge in [0.2, 0.25) is 0 Å². The number of aliphatic hydroxyl groups excluding tert-OH is 1. The molecule has 4 rings (SSSR count). The highest BCUT2D eigenvalue weighted by molar-refractivity contribution is 6.33. The van der Waals surface area contributed by atoms with Gasteiger partial charge in [0.05, 0.1) is 5.02 Å². The van der Waals surface area contributed by atoms with Crippen molar-refractivity contribution in [1.29, 1.82) is 0 Å². The van der Waals surface area contributed by atoms with Crippen LogP contribution in [-0.2, 0) is 6.61 Å². The van der Waals surface area contributed by atoms with Crippen molar-refractivity contribution >= 4 is 34.2 Å². The van der Waals surface area contributed by atoms with Crippen molar-refractivity contribution in [1.82, 2.24) is 0 Å². The van der Waals surface area contributed by atoms with Crippen LogP contribution in [0.25, 0.3) is 22.3 Å². The Morgan fingerprint density at radius 1 is 1.04 bits per heavy atom. The van der Waals surface area contributed by atoms with E-state index < -0.39 is 0 Å². The van der Waals surface area contributed by atoms with E-state index in [2.05, 4.69) is 5.32 Å². The molecule has 4 aromatic rings. The van der Waals surface area contributed by atoms with Gasteiger partial charge < -0.3 is 19.3 Å². The fourth-order valence-electron chi connectivity index (χ4n) is 2.69. The van der Waals surface area contributed by atoms with Crippen LogP contribution in [0.15, 0.2) is 69.5 Å². The van der Waals surface area contributed by atoms with Crippen molar-refractivity contribution in [2.75, 3.05) is 5.32 Å². The van der Waals surface area contributed by atoms with E-state index in [0.717, 1.165) is 5.39 Å². The molecule has 0 aliphatic heterocycles. The topological polar surface area (TPSA) is 75.6 Å². The molecule has 0 aliphatic carbocycles. The average Bonchev–Trinajstić information content (AvgIpc) is 3.28. The lowest BCUT2D eigenvalue weighted by atomic mass is 10.1. The van der Waals surface area contributed by atoms with E-state index in [4.69, 9.17) is 25.5 Å². The maximum Gasteiger partial charge on any atom is 0.291 e. The number of nitrogens with one attached hydrogen (secondary N) is 1. The summed E-state index contributed by atoms with van der Waals surface area (Å²) in [4.78, 5) is 12.4. The standard InChI is InChI=1S/C20H14ClNO4/c21-16-10-13(5-7-15(16)18-8-6-14(11-23)25-18)22-20(24)19-9-12-3-1-2-4-17(12)26-19/h1-10,23H,11H2,(H,22,24). The van der Waals surface area contributed by atoms with E-state index >= 15 is 0 Å². The van der Waals surface area contributed by atoms with E-state index in [-0.39, 0.29) is 18.3 Å². The van der Waals surface area contributed by atoms with Crippen LogP contribution in [0.1, 0.15) is 16.3 Å². The third-order valence-electron chi connectivity index (χ3n) is 3.96. The lowest BCUT2D eigenvalue weighted by Crippen LogP contribution is -2.10. The van der Waals surface area contributed by atoms with Gasteiger partial charge in [0, 0.05) is 16.6 Å². The maximum absolute atomic E-state index is 12.4. The summed E-state index contributed by atoms with van der Waals surface area (Å²) in [5.41, 5.74) is 1.87. The quantitative estimate of drug-likeness (QED) is 0.526. The van der Waals surface area contributed by atoms with Crippen LogP contribution in [0, 0.1) is 0 Å². The first-order valence-corrected chi connectivity index (χ1v) is 8.31. The molecule has 0 bridgehead atoms. The zero-order valence-electron chi connectivity index (χ0n) is 13.5. The Balaban J connectivity index is 1.56. The minimum absolute atomic E-state index is 0.177. The van der Waals surface area contributed by atoms with E-state index in [1.807, 2.05) is 24.3 Å². The predicted octanol–water partition coefficient (Wildman–Crippen LogP) is 5.09. The number of para-hydroxylation sites is 1. The fourth-order valence-corrected chi connectivity index (χ4v) is 2.96. The first-order chi connectivity index (χ1) is 12.6. The first-order valence-electron chi connectivity index (χ1n) is 7.93. The van der Waals surface area contributed by atoms with Gasteiger partial charge >= 0.3 is 0 Å². The molecule has 0 atom stereocenters. The monoisotopic (exact) mass is 367 g/mol. The van der Waals surface area contributed by atoms with Crippen molar-refractivity contribution in [3.05, 3.63) is 77.2 Å². The van der Waals surface area contributed by atoms with Gasteiger partial charge in [-0.1, -0.05) is 29.8 Å². The summed E-state index contributed by atoms with van der Waals surface area (Å²) < 4.78 is 11.0. The molecule has 0 saturated heterocycles. The Hall–Kier alpha value is -3.02. The molecule has 2 heterocycles. The number of carbonyl (C=O) groups excluding carboxylic acids is 1.